The van der Waals surface area contributed by atoms with Crippen LogP contribution in [0.2, 0.25) is 0 Å². The maximum atomic E-state index is 5.49. The molecule has 0 unspecified atom stereocenters. The Morgan fingerprint density at radius 2 is 1.85 bits per heavy atom. The molecule has 27 heavy (non-hydrogen) atoms. The van der Waals surface area contributed by atoms with Gasteiger partial charge < -0.3 is 4.42 Å². The summed E-state index contributed by atoms with van der Waals surface area (Å²) >= 11 is 0. The molecule has 5 rings (SSSR count). The second kappa shape index (κ2) is 7.25. The SMILES string of the molecule is c1ccc(-c2ncc3c(n2)CN(C2CCN(Cc4ccco4)CC2)C3)cc1. The fraction of sp³-hybridized carbons (Fsp3) is 0.364. The molecule has 138 valence electrons. The zero-order valence-corrected chi connectivity index (χ0v) is 15.4. The lowest BCUT2D eigenvalue weighted by molar-refractivity contribution is 0.0988. The monoisotopic (exact) mass is 360 g/mol. The molecule has 2 aliphatic heterocycles. The van der Waals surface area contributed by atoms with Crippen molar-refractivity contribution in [1.82, 2.24) is 19.8 Å². The highest BCUT2D eigenvalue weighted by molar-refractivity contribution is 5.54. The Labute approximate surface area is 159 Å². The van der Waals surface area contributed by atoms with Gasteiger partial charge in [0.25, 0.3) is 0 Å². The van der Waals surface area contributed by atoms with E-state index in [1.165, 1.54) is 24.1 Å². The fourth-order valence-corrected chi connectivity index (χ4v) is 4.23. The minimum absolute atomic E-state index is 0.632. The van der Waals surface area contributed by atoms with Gasteiger partial charge in [0.15, 0.2) is 5.82 Å². The van der Waals surface area contributed by atoms with Gasteiger partial charge in [0.1, 0.15) is 5.76 Å². The van der Waals surface area contributed by atoms with Gasteiger partial charge in [-0.25, -0.2) is 9.97 Å². The molecule has 0 aliphatic carbocycles. The molecule has 1 fully saturated rings. The van der Waals surface area contributed by atoms with E-state index < -0.39 is 0 Å². The summed E-state index contributed by atoms with van der Waals surface area (Å²) in [5.74, 6) is 1.90. The molecule has 0 radical (unpaired) electrons. The summed E-state index contributed by atoms with van der Waals surface area (Å²) in [6.07, 6.45) is 6.19. The van der Waals surface area contributed by atoms with E-state index in [4.69, 9.17) is 9.40 Å². The molecular weight excluding hydrogens is 336 g/mol. The third-order valence-electron chi connectivity index (χ3n) is 5.75. The summed E-state index contributed by atoms with van der Waals surface area (Å²) in [6.45, 7) is 5.10. The van der Waals surface area contributed by atoms with E-state index in [-0.39, 0.29) is 0 Å². The minimum Gasteiger partial charge on any atom is -0.468 e. The van der Waals surface area contributed by atoms with Gasteiger partial charge in [0.2, 0.25) is 0 Å². The Balaban J connectivity index is 1.21. The van der Waals surface area contributed by atoms with E-state index in [9.17, 15) is 0 Å². The number of piperidine rings is 1. The molecule has 2 aromatic heterocycles. The highest BCUT2D eigenvalue weighted by Crippen LogP contribution is 2.28. The normalized spacial score (nSPS) is 18.7. The van der Waals surface area contributed by atoms with Crippen LogP contribution in [0.25, 0.3) is 11.4 Å². The highest BCUT2D eigenvalue weighted by Gasteiger charge is 2.30. The zero-order chi connectivity index (χ0) is 18.1. The Morgan fingerprint density at radius 3 is 2.63 bits per heavy atom. The van der Waals surface area contributed by atoms with Crippen LogP contribution < -0.4 is 0 Å². The van der Waals surface area contributed by atoms with Crippen LogP contribution in [-0.2, 0) is 19.6 Å². The summed E-state index contributed by atoms with van der Waals surface area (Å²) in [4.78, 5) is 14.5. The van der Waals surface area contributed by atoms with Gasteiger partial charge in [-0.3, -0.25) is 9.80 Å². The lowest BCUT2D eigenvalue weighted by Gasteiger charge is -2.36. The fourth-order valence-electron chi connectivity index (χ4n) is 4.23. The van der Waals surface area contributed by atoms with Gasteiger partial charge in [-0.05, 0) is 25.0 Å². The minimum atomic E-state index is 0.632. The number of hydrogen-bond acceptors (Lipinski definition) is 5. The Morgan fingerprint density at radius 1 is 1.00 bits per heavy atom. The van der Waals surface area contributed by atoms with Crippen molar-refractivity contribution in [2.45, 2.75) is 38.5 Å². The van der Waals surface area contributed by atoms with E-state index in [2.05, 4.69) is 33.0 Å². The van der Waals surface area contributed by atoms with Gasteiger partial charge in [0, 0.05) is 49.5 Å². The van der Waals surface area contributed by atoms with E-state index in [0.29, 0.717) is 6.04 Å². The number of nitrogens with zero attached hydrogens (tertiary/aromatic N) is 4. The molecule has 2 aliphatic rings. The van der Waals surface area contributed by atoms with Crippen molar-refractivity contribution >= 4 is 0 Å². The summed E-state index contributed by atoms with van der Waals surface area (Å²) < 4.78 is 5.49. The van der Waals surface area contributed by atoms with Crippen molar-refractivity contribution in [2.75, 3.05) is 13.1 Å². The van der Waals surface area contributed by atoms with Crippen molar-refractivity contribution in [3.63, 3.8) is 0 Å². The standard InChI is InChI=1S/C22H24N4O/c1-2-5-17(6-3-1)22-23-13-18-14-26(16-21(18)24-22)19-8-10-25(11-9-19)15-20-7-4-12-27-20/h1-7,12-13,19H,8-11,14-16H2. The van der Waals surface area contributed by atoms with Crippen LogP contribution in [0.5, 0.6) is 0 Å². The average molecular weight is 360 g/mol. The van der Waals surface area contributed by atoms with Crippen LogP contribution >= 0.6 is 0 Å². The van der Waals surface area contributed by atoms with Crippen molar-refractivity contribution in [3.8, 4) is 11.4 Å². The number of benzene rings is 1. The first-order valence-electron chi connectivity index (χ1n) is 9.74. The Kier molecular flexibility index (Phi) is 4.47. The van der Waals surface area contributed by atoms with E-state index in [1.807, 2.05) is 30.5 Å². The third kappa shape index (κ3) is 3.53. The van der Waals surface area contributed by atoms with Gasteiger partial charge in [-0.15, -0.1) is 0 Å². The molecule has 4 heterocycles. The van der Waals surface area contributed by atoms with Crippen molar-refractivity contribution in [1.29, 1.82) is 0 Å². The summed E-state index contributed by atoms with van der Waals surface area (Å²) in [5.41, 5.74) is 3.57. The van der Waals surface area contributed by atoms with E-state index in [0.717, 1.165) is 49.9 Å². The molecule has 5 nitrogen and oxygen atoms in total. The van der Waals surface area contributed by atoms with Crippen molar-refractivity contribution in [3.05, 3.63) is 71.9 Å². The molecule has 5 heteroatoms. The first kappa shape index (κ1) is 16.7. The lowest BCUT2D eigenvalue weighted by atomic mass is 10.0. The van der Waals surface area contributed by atoms with Gasteiger partial charge in [-0.2, -0.15) is 0 Å². The van der Waals surface area contributed by atoms with Gasteiger partial charge in [0.05, 0.1) is 18.5 Å². The molecule has 3 aromatic rings. The number of aromatic nitrogens is 2. The number of furan rings is 1. The van der Waals surface area contributed by atoms with Crippen molar-refractivity contribution < 1.29 is 4.42 Å². The van der Waals surface area contributed by atoms with Crippen LogP contribution in [0, 0.1) is 0 Å². The molecule has 1 saturated heterocycles. The summed E-state index contributed by atoms with van der Waals surface area (Å²) in [7, 11) is 0. The second-order valence-electron chi connectivity index (χ2n) is 7.52. The van der Waals surface area contributed by atoms with Crippen LogP contribution in [0.1, 0.15) is 29.9 Å². The number of fused-ring (bicyclic) bond motifs is 1. The topological polar surface area (TPSA) is 45.4 Å². The lowest BCUT2D eigenvalue weighted by Crippen LogP contribution is -2.42. The highest BCUT2D eigenvalue weighted by atomic mass is 16.3. The van der Waals surface area contributed by atoms with Crippen LogP contribution in [0.4, 0.5) is 0 Å². The van der Waals surface area contributed by atoms with E-state index in [1.54, 1.807) is 6.26 Å². The Bertz CT molecular complexity index is 886. The average Bonchev–Trinajstić information content (AvgIpc) is 3.38. The van der Waals surface area contributed by atoms with E-state index >= 15 is 0 Å². The molecule has 0 atom stereocenters. The predicted molar refractivity (Wildman–Crippen MR) is 104 cm³/mol. The smallest absolute Gasteiger partial charge is 0.159 e. The maximum Gasteiger partial charge on any atom is 0.159 e. The molecule has 0 N–H and O–H groups in total. The third-order valence-corrected chi connectivity index (χ3v) is 5.75. The van der Waals surface area contributed by atoms with Crippen LogP contribution in [0.3, 0.4) is 0 Å². The summed E-state index contributed by atoms with van der Waals surface area (Å²) in [6, 6.07) is 14.9. The number of rotatable bonds is 4. The Hall–Kier alpha value is -2.50. The molecule has 0 bridgehead atoms. The van der Waals surface area contributed by atoms with Crippen molar-refractivity contribution in [2.24, 2.45) is 0 Å². The van der Waals surface area contributed by atoms with Crippen LogP contribution in [0.15, 0.2) is 59.3 Å². The van der Waals surface area contributed by atoms with Gasteiger partial charge >= 0.3 is 0 Å². The van der Waals surface area contributed by atoms with Crippen LogP contribution in [-0.4, -0.2) is 38.9 Å². The molecule has 0 spiro atoms. The van der Waals surface area contributed by atoms with Gasteiger partial charge in [-0.1, -0.05) is 30.3 Å². The largest absolute Gasteiger partial charge is 0.468 e. The number of likely N-dealkylation sites (tertiary alicyclic amines) is 1. The zero-order valence-electron chi connectivity index (χ0n) is 15.4. The molecule has 1 aromatic carbocycles. The maximum absolute atomic E-state index is 5.49. The predicted octanol–water partition coefficient (Wildman–Crippen LogP) is 3.72. The quantitative estimate of drug-likeness (QED) is 0.710. The first-order chi connectivity index (χ1) is 13.3. The number of hydrogen-bond donors (Lipinski definition) is 0. The first-order valence-corrected chi connectivity index (χ1v) is 9.74. The molecular formula is C22H24N4O. The second-order valence-corrected chi connectivity index (χ2v) is 7.52. The molecule has 0 amide bonds. The summed E-state index contributed by atoms with van der Waals surface area (Å²) in [5, 5.41) is 0. The molecule has 0 saturated carbocycles.